The number of aryl methyl sites for hydroxylation is 1. The fourth-order valence-corrected chi connectivity index (χ4v) is 3.97. The van der Waals surface area contributed by atoms with E-state index in [-0.39, 0.29) is 11.8 Å². The molecule has 1 aromatic rings. The maximum Gasteiger partial charge on any atom is 0.229 e. The average molecular weight is 360 g/mol. The largest absolute Gasteiger partial charge is 0.493 e. The van der Waals surface area contributed by atoms with Gasteiger partial charge < -0.3 is 20.5 Å². The van der Waals surface area contributed by atoms with E-state index in [2.05, 4.69) is 5.32 Å². The topological polar surface area (TPSA) is 73.6 Å². The monoisotopic (exact) mass is 360 g/mol. The summed E-state index contributed by atoms with van der Waals surface area (Å²) in [6.07, 6.45) is 6.03. The van der Waals surface area contributed by atoms with Crippen molar-refractivity contribution in [3.8, 4) is 5.75 Å². The Morgan fingerprint density at radius 2 is 2.08 bits per heavy atom. The van der Waals surface area contributed by atoms with Gasteiger partial charge in [-0.05, 0) is 57.1 Å². The third-order valence-corrected chi connectivity index (χ3v) is 5.84. The van der Waals surface area contributed by atoms with Crippen molar-refractivity contribution in [3.05, 3.63) is 23.8 Å². The summed E-state index contributed by atoms with van der Waals surface area (Å²) in [6, 6.07) is 5.87. The Balaban J connectivity index is 1.62. The Morgan fingerprint density at radius 1 is 1.31 bits per heavy atom. The summed E-state index contributed by atoms with van der Waals surface area (Å²) < 4.78 is 11.5. The van der Waals surface area contributed by atoms with Crippen molar-refractivity contribution in [3.63, 3.8) is 0 Å². The number of nitrogens with one attached hydrogen (secondary N) is 1. The fraction of sp³-hybridized carbons (Fsp3) is 0.667. The SMILES string of the molecule is Cc1ccc(NC(=O)C2CCCCC2(C)N)cc1OCC1CCOCC1. The van der Waals surface area contributed by atoms with Crippen LogP contribution in [0, 0.1) is 18.8 Å². The normalized spacial score (nSPS) is 27.1. The first-order valence-electron chi connectivity index (χ1n) is 9.86. The van der Waals surface area contributed by atoms with E-state index < -0.39 is 5.54 Å². The molecule has 1 aromatic carbocycles. The molecule has 3 rings (SSSR count). The zero-order valence-corrected chi connectivity index (χ0v) is 16.1. The molecule has 0 radical (unpaired) electrons. The first-order chi connectivity index (χ1) is 12.5. The van der Waals surface area contributed by atoms with Crippen molar-refractivity contribution in [2.24, 2.45) is 17.6 Å². The van der Waals surface area contributed by atoms with Crippen molar-refractivity contribution >= 4 is 11.6 Å². The van der Waals surface area contributed by atoms with Gasteiger partial charge in [-0.3, -0.25) is 4.79 Å². The second-order valence-corrected chi connectivity index (χ2v) is 8.14. The van der Waals surface area contributed by atoms with Crippen LogP contribution in [0.3, 0.4) is 0 Å². The van der Waals surface area contributed by atoms with Gasteiger partial charge >= 0.3 is 0 Å². The number of carbonyl (C=O) groups excluding carboxylic acids is 1. The minimum Gasteiger partial charge on any atom is -0.493 e. The molecule has 5 nitrogen and oxygen atoms in total. The number of carbonyl (C=O) groups is 1. The van der Waals surface area contributed by atoms with Crippen molar-refractivity contribution in [1.82, 2.24) is 0 Å². The van der Waals surface area contributed by atoms with Crippen molar-refractivity contribution in [1.29, 1.82) is 0 Å². The van der Waals surface area contributed by atoms with Crippen LogP contribution in [0.1, 0.15) is 51.0 Å². The van der Waals surface area contributed by atoms with E-state index >= 15 is 0 Å². The van der Waals surface area contributed by atoms with Crippen LogP contribution < -0.4 is 15.8 Å². The zero-order chi connectivity index (χ0) is 18.6. The van der Waals surface area contributed by atoms with Crippen LogP contribution in [0.4, 0.5) is 5.69 Å². The molecule has 0 spiro atoms. The maximum absolute atomic E-state index is 12.7. The molecule has 1 aliphatic carbocycles. The Kier molecular flexibility index (Phi) is 6.20. The lowest BCUT2D eigenvalue weighted by Crippen LogP contribution is -2.51. The molecule has 1 saturated carbocycles. The molecular weight excluding hydrogens is 328 g/mol. The van der Waals surface area contributed by atoms with Gasteiger partial charge in [-0.1, -0.05) is 18.9 Å². The van der Waals surface area contributed by atoms with E-state index in [1.807, 2.05) is 32.0 Å². The highest BCUT2D eigenvalue weighted by Crippen LogP contribution is 2.33. The van der Waals surface area contributed by atoms with E-state index in [1.165, 1.54) is 0 Å². The second-order valence-electron chi connectivity index (χ2n) is 8.14. The second kappa shape index (κ2) is 8.40. The van der Waals surface area contributed by atoms with Gasteiger partial charge in [0.05, 0.1) is 12.5 Å². The summed E-state index contributed by atoms with van der Waals surface area (Å²) >= 11 is 0. The van der Waals surface area contributed by atoms with Gasteiger partial charge in [-0.2, -0.15) is 0 Å². The van der Waals surface area contributed by atoms with Gasteiger partial charge in [0.1, 0.15) is 5.75 Å². The minimum atomic E-state index is -0.421. The zero-order valence-electron chi connectivity index (χ0n) is 16.1. The lowest BCUT2D eigenvalue weighted by atomic mass is 9.74. The number of anilines is 1. The highest BCUT2D eigenvalue weighted by atomic mass is 16.5. The Labute approximate surface area is 156 Å². The van der Waals surface area contributed by atoms with Gasteiger partial charge in [0, 0.05) is 30.5 Å². The predicted octanol–water partition coefficient (Wildman–Crippen LogP) is 3.65. The molecule has 1 amide bonds. The quantitative estimate of drug-likeness (QED) is 0.841. The van der Waals surface area contributed by atoms with Crippen LogP contribution in [0.5, 0.6) is 5.75 Å². The van der Waals surface area contributed by atoms with E-state index in [0.717, 1.165) is 68.7 Å². The number of amides is 1. The summed E-state index contributed by atoms with van der Waals surface area (Å²) in [5.74, 6) is 1.27. The third-order valence-electron chi connectivity index (χ3n) is 5.84. The molecule has 1 aliphatic heterocycles. The van der Waals surface area contributed by atoms with E-state index in [1.54, 1.807) is 0 Å². The molecule has 3 N–H and O–H groups in total. The van der Waals surface area contributed by atoms with Crippen molar-refractivity contribution in [2.45, 2.75) is 57.9 Å². The standard InChI is InChI=1S/C21H32N2O3/c1-15-6-7-17(13-19(15)26-14-16-8-11-25-12-9-16)23-20(24)18-5-3-4-10-21(18,2)22/h6-7,13,16,18H,3-5,8-12,14,22H2,1-2H3,(H,23,24). The number of rotatable bonds is 5. The maximum atomic E-state index is 12.7. The molecule has 5 heteroatoms. The third kappa shape index (κ3) is 4.77. The Bertz CT molecular complexity index is 624. The van der Waals surface area contributed by atoms with Gasteiger partial charge in [0.15, 0.2) is 0 Å². The van der Waals surface area contributed by atoms with Crippen molar-refractivity contribution in [2.75, 3.05) is 25.1 Å². The number of ether oxygens (including phenoxy) is 2. The summed E-state index contributed by atoms with van der Waals surface area (Å²) in [7, 11) is 0. The van der Waals surface area contributed by atoms with Gasteiger partial charge in [0.25, 0.3) is 0 Å². The van der Waals surface area contributed by atoms with Crippen LogP contribution in [-0.2, 0) is 9.53 Å². The van der Waals surface area contributed by atoms with Crippen LogP contribution in [0.2, 0.25) is 0 Å². The van der Waals surface area contributed by atoms with Gasteiger partial charge in [0.2, 0.25) is 5.91 Å². The fourth-order valence-electron chi connectivity index (χ4n) is 3.97. The molecule has 2 unspecified atom stereocenters. The van der Waals surface area contributed by atoms with Crippen molar-refractivity contribution < 1.29 is 14.3 Å². The van der Waals surface area contributed by atoms with E-state index in [9.17, 15) is 4.79 Å². The molecule has 2 fully saturated rings. The summed E-state index contributed by atoms with van der Waals surface area (Å²) in [5.41, 5.74) is 7.81. The van der Waals surface area contributed by atoms with E-state index in [4.69, 9.17) is 15.2 Å². The molecule has 2 aliphatic rings. The van der Waals surface area contributed by atoms with Crippen LogP contribution in [0.15, 0.2) is 18.2 Å². The van der Waals surface area contributed by atoms with Gasteiger partial charge in [-0.25, -0.2) is 0 Å². The average Bonchev–Trinajstić information content (AvgIpc) is 2.62. The molecule has 2 atom stereocenters. The van der Waals surface area contributed by atoms with Crippen LogP contribution in [-0.4, -0.2) is 31.3 Å². The highest BCUT2D eigenvalue weighted by Gasteiger charge is 2.37. The van der Waals surface area contributed by atoms with Crippen LogP contribution in [0.25, 0.3) is 0 Å². The van der Waals surface area contributed by atoms with Gasteiger partial charge in [-0.15, -0.1) is 0 Å². The first kappa shape index (κ1) is 19.2. The minimum absolute atomic E-state index is 0.0222. The first-order valence-corrected chi connectivity index (χ1v) is 9.86. The number of nitrogens with two attached hydrogens (primary N) is 1. The Morgan fingerprint density at radius 3 is 2.81 bits per heavy atom. The molecule has 1 saturated heterocycles. The molecule has 144 valence electrons. The number of hydrogen-bond donors (Lipinski definition) is 2. The molecule has 26 heavy (non-hydrogen) atoms. The number of hydrogen-bond acceptors (Lipinski definition) is 4. The lowest BCUT2D eigenvalue weighted by molar-refractivity contribution is -0.122. The lowest BCUT2D eigenvalue weighted by Gasteiger charge is -2.37. The summed E-state index contributed by atoms with van der Waals surface area (Å²) in [5, 5.41) is 3.05. The van der Waals surface area contributed by atoms with Crippen LogP contribution >= 0.6 is 0 Å². The van der Waals surface area contributed by atoms with E-state index in [0.29, 0.717) is 12.5 Å². The molecule has 0 bridgehead atoms. The number of benzene rings is 1. The summed E-state index contributed by atoms with van der Waals surface area (Å²) in [6.45, 7) is 6.37. The predicted molar refractivity (Wildman–Crippen MR) is 103 cm³/mol. The molecular formula is C21H32N2O3. The highest BCUT2D eigenvalue weighted by molar-refractivity contribution is 5.93. The summed E-state index contributed by atoms with van der Waals surface area (Å²) in [4.78, 5) is 12.7. The molecule has 1 heterocycles. The smallest absolute Gasteiger partial charge is 0.229 e. The Hall–Kier alpha value is -1.59. The molecule has 0 aromatic heterocycles.